The molecule has 7 nitrogen and oxygen atoms in total. The summed E-state index contributed by atoms with van der Waals surface area (Å²) < 4.78 is 17.1. The van der Waals surface area contributed by atoms with Gasteiger partial charge in [0, 0.05) is 16.8 Å². The van der Waals surface area contributed by atoms with Crippen molar-refractivity contribution in [3.63, 3.8) is 0 Å². The highest BCUT2D eigenvalue weighted by molar-refractivity contribution is 7.80. The molecule has 0 fully saturated rings. The summed E-state index contributed by atoms with van der Waals surface area (Å²) in [4.78, 5) is 28.6. The van der Waals surface area contributed by atoms with Gasteiger partial charge in [-0.25, -0.2) is 4.79 Å². The zero-order chi connectivity index (χ0) is 27.8. The van der Waals surface area contributed by atoms with Gasteiger partial charge in [0.15, 0.2) is 5.11 Å². The highest BCUT2D eigenvalue weighted by Crippen LogP contribution is 2.40. The summed E-state index contributed by atoms with van der Waals surface area (Å²) in [6, 6.07) is 13.9. The summed E-state index contributed by atoms with van der Waals surface area (Å²) in [6.45, 7) is 13.3. The highest BCUT2D eigenvalue weighted by Gasteiger charge is 2.41. The molecule has 0 spiro atoms. The van der Waals surface area contributed by atoms with Crippen LogP contribution in [0.3, 0.4) is 0 Å². The first-order valence-corrected chi connectivity index (χ1v) is 12.9. The second-order valence-electron chi connectivity index (χ2n) is 8.97. The molecular weight excluding hydrogens is 500 g/mol. The number of nitrogens with zero attached hydrogens (tertiary/aromatic N) is 1. The highest BCUT2D eigenvalue weighted by atomic mass is 32.1. The molecule has 200 valence electrons. The molecule has 0 saturated heterocycles. The molecule has 38 heavy (non-hydrogen) atoms. The Balaban J connectivity index is 2.12. The maximum absolute atomic E-state index is 14.0. The van der Waals surface area contributed by atoms with Crippen molar-refractivity contribution in [2.75, 3.05) is 13.2 Å². The van der Waals surface area contributed by atoms with Gasteiger partial charge in [-0.15, -0.1) is 0 Å². The Bertz CT molecular complexity index is 1280. The monoisotopic (exact) mass is 534 g/mol. The standard InChI is InChI=1S/C30H34N2O5S/c1-7-16-36-23-13-11-12-22(18-23)17-20(5)28(33)32-27(24-14-9-10-15-25(24)37-19(3)4)26(29(34)35-8-2)21(6)31-30(32)38/h7,9-15,17-19,27H,1,8,16H2,2-6H3,(H,31,38)/b20-17+. The van der Waals surface area contributed by atoms with Crippen LogP contribution >= 0.6 is 12.2 Å². The van der Waals surface area contributed by atoms with Gasteiger partial charge < -0.3 is 19.5 Å². The molecule has 0 bridgehead atoms. The molecule has 3 rings (SSSR count). The summed E-state index contributed by atoms with van der Waals surface area (Å²) in [7, 11) is 0. The van der Waals surface area contributed by atoms with Crippen LogP contribution in [0.5, 0.6) is 11.5 Å². The minimum atomic E-state index is -0.851. The SMILES string of the molecule is C=CCOc1cccc(/C=C(\C)C(=O)N2C(=S)NC(C)=C(C(=O)OCC)C2c2ccccc2OC(C)C)c1. The van der Waals surface area contributed by atoms with Crippen LogP contribution in [-0.2, 0) is 14.3 Å². The average molecular weight is 535 g/mol. The molecule has 8 heteroatoms. The third kappa shape index (κ3) is 6.69. The Morgan fingerprint density at radius 1 is 1.18 bits per heavy atom. The van der Waals surface area contributed by atoms with Crippen molar-refractivity contribution in [2.45, 2.75) is 46.8 Å². The molecule has 2 aromatic carbocycles. The van der Waals surface area contributed by atoms with Gasteiger partial charge in [0.05, 0.1) is 18.3 Å². The zero-order valence-corrected chi connectivity index (χ0v) is 23.3. The maximum Gasteiger partial charge on any atom is 0.338 e. The van der Waals surface area contributed by atoms with E-state index in [0.29, 0.717) is 40.5 Å². The molecule has 0 radical (unpaired) electrons. The van der Waals surface area contributed by atoms with E-state index in [9.17, 15) is 9.59 Å². The normalized spacial score (nSPS) is 15.7. The van der Waals surface area contributed by atoms with E-state index in [1.807, 2.05) is 62.4 Å². The predicted octanol–water partition coefficient (Wildman–Crippen LogP) is 5.74. The fourth-order valence-electron chi connectivity index (χ4n) is 4.14. The van der Waals surface area contributed by atoms with E-state index in [0.717, 1.165) is 5.56 Å². The number of benzene rings is 2. The first-order valence-electron chi connectivity index (χ1n) is 12.5. The molecule has 0 aromatic heterocycles. The summed E-state index contributed by atoms with van der Waals surface area (Å²) in [5.41, 5.74) is 2.65. The van der Waals surface area contributed by atoms with Crippen LogP contribution in [-0.4, -0.2) is 41.2 Å². The van der Waals surface area contributed by atoms with E-state index < -0.39 is 12.0 Å². The zero-order valence-electron chi connectivity index (χ0n) is 22.4. The second-order valence-corrected chi connectivity index (χ2v) is 9.36. The molecule has 0 aliphatic carbocycles. The molecule has 1 unspecified atom stereocenters. The van der Waals surface area contributed by atoms with Gasteiger partial charge in [-0.3, -0.25) is 9.69 Å². The lowest BCUT2D eigenvalue weighted by molar-refractivity contribution is -0.139. The van der Waals surface area contributed by atoms with Crippen molar-refractivity contribution in [3.05, 3.63) is 89.2 Å². The van der Waals surface area contributed by atoms with Crippen LogP contribution in [0.1, 0.15) is 51.8 Å². The summed E-state index contributed by atoms with van der Waals surface area (Å²) in [6.07, 6.45) is 3.30. The number of rotatable bonds is 10. The number of nitrogens with one attached hydrogen (secondary N) is 1. The Hall–Kier alpha value is -3.91. The first-order chi connectivity index (χ1) is 18.2. The van der Waals surface area contributed by atoms with Gasteiger partial charge in [0.1, 0.15) is 24.1 Å². The number of thiocarbonyl (C=S) groups is 1. The number of allylic oxidation sites excluding steroid dienone is 1. The number of carbonyl (C=O) groups is 2. The Morgan fingerprint density at radius 2 is 1.92 bits per heavy atom. The minimum absolute atomic E-state index is 0.123. The number of hydrogen-bond acceptors (Lipinski definition) is 6. The van der Waals surface area contributed by atoms with Gasteiger partial charge in [-0.2, -0.15) is 0 Å². The van der Waals surface area contributed by atoms with E-state index in [4.69, 9.17) is 26.4 Å². The first kappa shape index (κ1) is 28.7. The Labute approximate surface area is 229 Å². The van der Waals surface area contributed by atoms with E-state index in [1.165, 1.54) is 4.90 Å². The Kier molecular flexibility index (Phi) is 9.85. The van der Waals surface area contributed by atoms with Gasteiger partial charge in [0.25, 0.3) is 5.91 Å². The van der Waals surface area contributed by atoms with Crippen LogP contribution in [0.2, 0.25) is 0 Å². The van der Waals surface area contributed by atoms with Crippen molar-refractivity contribution in [3.8, 4) is 11.5 Å². The van der Waals surface area contributed by atoms with Crippen LogP contribution in [0.4, 0.5) is 0 Å². The van der Waals surface area contributed by atoms with E-state index >= 15 is 0 Å². The van der Waals surface area contributed by atoms with Crippen molar-refractivity contribution in [1.82, 2.24) is 10.2 Å². The smallest absolute Gasteiger partial charge is 0.338 e. The van der Waals surface area contributed by atoms with E-state index in [2.05, 4.69) is 11.9 Å². The number of hydrogen-bond donors (Lipinski definition) is 1. The van der Waals surface area contributed by atoms with Crippen LogP contribution in [0.15, 0.2) is 78.0 Å². The topological polar surface area (TPSA) is 77.1 Å². The summed E-state index contributed by atoms with van der Waals surface area (Å²) >= 11 is 5.66. The fraction of sp³-hybridized carbons (Fsp3) is 0.300. The lowest BCUT2D eigenvalue weighted by Gasteiger charge is -2.39. The van der Waals surface area contributed by atoms with Gasteiger partial charge in [-0.05, 0) is 76.7 Å². The molecule has 1 N–H and O–H groups in total. The summed E-state index contributed by atoms with van der Waals surface area (Å²) in [5.74, 6) is 0.322. The number of ether oxygens (including phenoxy) is 3. The predicted molar refractivity (Wildman–Crippen MR) is 153 cm³/mol. The number of carbonyl (C=O) groups excluding carboxylic acids is 2. The minimum Gasteiger partial charge on any atom is -0.491 e. The molecule has 2 aromatic rings. The molecule has 1 aliphatic heterocycles. The van der Waals surface area contributed by atoms with Gasteiger partial charge in [0.2, 0.25) is 0 Å². The molecule has 1 heterocycles. The largest absolute Gasteiger partial charge is 0.491 e. The lowest BCUT2D eigenvalue weighted by Crippen LogP contribution is -2.51. The third-order valence-electron chi connectivity index (χ3n) is 5.69. The number of esters is 1. The maximum atomic E-state index is 14.0. The number of para-hydroxylation sites is 1. The molecule has 1 atom stereocenters. The Morgan fingerprint density at radius 3 is 2.61 bits per heavy atom. The quantitative estimate of drug-likeness (QED) is 0.180. The van der Waals surface area contributed by atoms with Crippen LogP contribution < -0.4 is 14.8 Å². The van der Waals surface area contributed by atoms with Gasteiger partial charge >= 0.3 is 5.97 Å². The van der Waals surface area contributed by atoms with E-state index in [-0.39, 0.29) is 23.7 Å². The van der Waals surface area contributed by atoms with Crippen molar-refractivity contribution < 1.29 is 23.8 Å². The van der Waals surface area contributed by atoms with Crippen LogP contribution in [0.25, 0.3) is 6.08 Å². The fourth-order valence-corrected chi connectivity index (χ4v) is 4.48. The summed E-state index contributed by atoms with van der Waals surface area (Å²) in [5, 5.41) is 3.21. The van der Waals surface area contributed by atoms with Crippen molar-refractivity contribution in [1.29, 1.82) is 0 Å². The average Bonchev–Trinajstić information content (AvgIpc) is 2.87. The second kappa shape index (κ2) is 13.1. The van der Waals surface area contributed by atoms with Gasteiger partial charge in [-0.1, -0.05) is 43.0 Å². The third-order valence-corrected chi connectivity index (χ3v) is 5.98. The molecular formula is C30H34N2O5S. The molecule has 0 saturated carbocycles. The van der Waals surface area contributed by atoms with Crippen LogP contribution in [0, 0.1) is 0 Å². The lowest BCUT2D eigenvalue weighted by atomic mass is 9.92. The van der Waals surface area contributed by atoms with Crippen molar-refractivity contribution in [2.24, 2.45) is 0 Å². The molecule has 1 aliphatic rings. The van der Waals surface area contributed by atoms with E-state index in [1.54, 1.807) is 32.9 Å². The number of amides is 1. The van der Waals surface area contributed by atoms with Crippen molar-refractivity contribution >= 4 is 35.3 Å². The molecule has 1 amide bonds.